The summed E-state index contributed by atoms with van der Waals surface area (Å²) >= 11 is 2.69. The first kappa shape index (κ1) is 18.5. The van der Waals surface area contributed by atoms with Crippen LogP contribution in [-0.4, -0.2) is 27.0 Å². The molecule has 0 fully saturated rings. The van der Waals surface area contributed by atoms with E-state index in [-0.39, 0.29) is 17.1 Å². The van der Waals surface area contributed by atoms with Crippen LogP contribution in [0, 0.1) is 0 Å². The van der Waals surface area contributed by atoms with Gasteiger partial charge in [-0.3, -0.25) is 10.1 Å². The molecule has 1 amide bonds. The van der Waals surface area contributed by atoms with E-state index in [1.54, 1.807) is 12.3 Å². The Morgan fingerprint density at radius 2 is 2.19 bits per heavy atom. The van der Waals surface area contributed by atoms with Gasteiger partial charge in [0.1, 0.15) is 5.76 Å². The first-order valence-electron chi connectivity index (χ1n) is 7.90. The fourth-order valence-corrected chi connectivity index (χ4v) is 3.45. The molecule has 2 N–H and O–H groups in total. The number of nitrogens with zero attached hydrogens (tertiary/aromatic N) is 3. The van der Waals surface area contributed by atoms with Crippen molar-refractivity contribution in [2.45, 2.75) is 37.1 Å². The highest BCUT2D eigenvalue weighted by atomic mass is 32.2. The zero-order chi connectivity index (χ0) is 18.6. The molecule has 0 aliphatic rings. The summed E-state index contributed by atoms with van der Waals surface area (Å²) in [5, 5.41) is 18.6. The fraction of sp³-hybridized carbons (Fsp3) is 0.375. The summed E-state index contributed by atoms with van der Waals surface area (Å²) in [5.74, 6) is 1.18. The maximum Gasteiger partial charge on any atom is 0.237 e. The van der Waals surface area contributed by atoms with Crippen molar-refractivity contribution in [3.8, 4) is 0 Å². The number of nitrogens with one attached hydrogen (secondary N) is 2. The van der Waals surface area contributed by atoms with E-state index in [0.29, 0.717) is 21.9 Å². The number of hydrogen-bond acceptors (Lipinski definition) is 9. The number of furan rings is 1. The minimum atomic E-state index is -0.188. The van der Waals surface area contributed by atoms with Gasteiger partial charge < -0.3 is 14.3 Å². The van der Waals surface area contributed by atoms with Gasteiger partial charge in [0.15, 0.2) is 4.34 Å². The van der Waals surface area contributed by atoms with Crippen LogP contribution in [0.25, 0.3) is 0 Å². The summed E-state index contributed by atoms with van der Waals surface area (Å²) in [5.41, 5.74) is 0.657. The van der Waals surface area contributed by atoms with E-state index in [0.717, 1.165) is 11.5 Å². The van der Waals surface area contributed by atoms with Gasteiger partial charge in [-0.05, 0) is 12.1 Å². The Kier molecular flexibility index (Phi) is 5.62. The molecule has 0 bridgehead atoms. The topological polar surface area (TPSA) is 106 Å². The summed E-state index contributed by atoms with van der Waals surface area (Å²) < 4.78 is 11.1. The van der Waals surface area contributed by atoms with E-state index in [2.05, 4.69) is 26.0 Å². The third-order valence-corrected chi connectivity index (χ3v) is 5.28. The first-order valence-corrected chi connectivity index (χ1v) is 9.70. The van der Waals surface area contributed by atoms with E-state index >= 15 is 0 Å². The van der Waals surface area contributed by atoms with Crippen molar-refractivity contribution >= 4 is 40.0 Å². The SMILES string of the molecule is CC(C)(C)c1cc(NC(=O)CSc2nnc(NCc3ccco3)s2)on1. The average molecular weight is 393 g/mol. The first-order chi connectivity index (χ1) is 12.4. The van der Waals surface area contributed by atoms with Crippen molar-refractivity contribution < 1.29 is 13.7 Å². The van der Waals surface area contributed by atoms with Gasteiger partial charge in [0.05, 0.1) is 24.3 Å². The van der Waals surface area contributed by atoms with Crippen molar-refractivity contribution in [3.63, 3.8) is 0 Å². The number of anilines is 2. The quantitative estimate of drug-likeness (QED) is 0.585. The van der Waals surface area contributed by atoms with Gasteiger partial charge in [0, 0.05) is 11.5 Å². The summed E-state index contributed by atoms with van der Waals surface area (Å²) in [4.78, 5) is 12.0. The molecule has 0 radical (unpaired) electrons. The van der Waals surface area contributed by atoms with Crippen LogP contribution in [0.5, 0.6) is 0 Å². The Morgan fingerprint density at radius 3 is 2.88 bits per heavy atom. The van der Waals surface area contributed by atoms with Crippen LogP contribution in [0.3, 0.4) is 0 Å². The zero-order valence-corrected chi connectivity index (χ0v) is 16.2. The van der Waals surface area contributed by atoms with Crippen LogP contribution in [0.1, 0.15) is 32.2 Å². The Morgan fingerprint density at radius 1 is 1.35 bits per heavy atom. The lowest BCUT2D eigenvalue weighted by Gasteiger charge is -2.12. The van der Waals surface area contributed by atoms with Crippen LogP contribution >= 0.6 is 23.1 Å². The molecule has 0 atom stereocenters. The number of carbonyl (C=O) groups excluding carboxylic acids is 1. The van der Waals surface area contributed by atoms with Gasteiger partial charge in [0.2, 0.25) is 16.9 Å². The Bertz CT molecular complexity index is 851. The lowest BCUT2D eigenvalue weighted by molar-refractivity contribution is -0.113. The van der Waals surface area contributed by atoms with Crippen LogP contribution in [0.4, 0.5) is 11.0 Å². The van der Waals surface area contributed by atoms with Crippen LogP contribution in [0.15, 0.2) is 37.7 Å². The van der Waals surface area contributed by atoms with Gasteiger partial charge >= 0.3 is 0 Å². The minimum Gasteiger partial charge on any atom is -0.467 e. The standard InChI is InChI=1S/C16H19N5O3S2/c1-16(2,3)11-7-13(24-21-11)18-12(22)9-25-15-20-19-14(26-15)17-8-10-5-4-6-23-10/h4-7H,8-9H2,1-3H3,(H,17,19)(H,18,22). The van der Waals surface area contributed by atoms with Crippen LogP contribution < -0.4 is 10.6 Å². The molecule has 3 rings (SSSR count). The maximum atomic E-state index is 12.0. The molecular weight excluding hydrogens is 374 g/mol. The molecule has 0 aliphatic carbocycles. The molecule has 26 heavy (non-hydrogen) atoms. The number of thioether (sulfide) groups is 1. The predicted molar refractivity (Wildman–Crippen MR) is 101 cm³/mol. The molecule has 0 aromatic carbocycles. The number of carbonyl (C=O) groups is 1. The predicted octanol–water partition coefficient (Wildman–Crippen LogP) is 3.76. The molecule has 138 valence electrons. The molecule has 0 unspecified atom stereocenters. The summed E-state index contributed by atoms with van der Waals surface area (Å²) in [6.07, 6.45) is 1.62. The number of amides is 1. The molecule has 10 heteroatoms. The van der Waals surface area contributed by atoms with E-state index in [1.165, 1.54) is 23.1 Å². The highest BCUT2D eigenvalue weighted by molar-refractivity contribution is 8.01. The zero-order valence-electron chi connectivity index (χ0n) is 14.6. The second-order valence-corrected chi connectivity index (χ2v) is 8.67. The van der Waals surface area contributed by atoms with E-state index < -0.39 is 0 Å². The summed E-state index contributed by atoms with van der Waals surface area (Å²) in [6, 6.07) is 5.45. The third kappa shape index (κ3) is 5.09. The molecule has 0 aliphatic heterocycles. The lowest BCUT2D eigenvalue weighted by atomic mass is 9.92. The normalized spacial score (nSPS) is 11.5. The molecule has 0 saturated heterocycles. The van der Waals surface area contributed by atoms with Gasteiger partial charge in [-0.1, -0.05) is 49.0 Å². The van der Waals surface area contributed by atoms with Gasteiger partial charge in [-0.2, -0.15) is 0 Å². The lowest BCUT2D eigenvalue weighted by Crippen LogP contribution is -2.14. The summed E-state index contributed by atoms with van der Waals surface area (Å²) in [7, 11) is 0. The van der Waals surface area contributed by atoms with Crippen molar-refractivity contribution in [3.05, 3.63) is 35.9 Å². The third-order valence-electron chi connectivity index (χ3n) is 3.27. The number of rotatable bonds is 7. The smallest absolute Gasteiger partial charge is 0.237 e. The molecule has 3 aromatic heterocycles. The van der Waals surface area contributed by atoms with Crippen molar-refractivity contribution in [2.75, 3.05) is 16.4 Å². The van der Waals surface area contributed by atoms with Crippen LogP contribution in [0.2, 0.25) is 0 Å². The number of aromatic nitrogens is 3. The Balaban J connectivity index is 1.45. The van der Waals surface area contributed by atoms with Crippen molar-refractivity contribution in [2.24, 2.45) is 0 Å². The van der Waals surface area contributed by atoms with E-state index in [4.69, 9.17) is 8.94 Å². The van der Waals surface area contributed by atoms with E-state index in [9.17, 15) is 4.79 Å². The average Bonchev–Trinajstić information content (AvgIpc) is 3.32. The van der Waals surface area contributed by atoms with Crippen LogP contribution in [-0.2, 0) is 16.8 Å². The number of hydrogen-bond donors (Lipinski definition) is 2. The molecule has 3 aromatic rings. The van der Waals surface area contributed by atoms with Crippen molar-refractivity contribution in [1.82, 2.24) is 15.4 Å². The molecule has 0 saturated carbocycles. The minimum absolute atomic E-state index is 0.132. The molecular formula is C16H19N5O3S2. The molecule has 0 spiro atoms. The highest BCUT2D eigenvalue weighted by Crippen LogP contribution is 2.27. The van der Waals surface area contributed by atoms with Gasteiger partial charge in [-0.15, -0.1) is 10.2 Å². The Labute approximate surface area is 158 Å². The van der Waals surface area contributed by atoms with Gasteiger partial charge in [-0.25, -0.2) is 0 Å². The fourth-order valence-electron chi connectivity index (χ4n) is 1.90. The van der Waals surface area contributed by atoms with Crippen molar-refractivity contribution in [1.29, 1.82) is 0 Å². The Hall–Kier alpha value is -2.33. The van der Waals surface area contributed by atoms with E-state index in [1.807, 2.05) is 32.9 Å². The second-order valence-electron chi connectivity index (χ2n) is 6.47. The summed E-state index contributed by atoms with van der Waals surface area (Å²) in [6.45, 7) is 6.62. The molecule has 3 heterocycles. The largest absolute Gasteiger partial charge is 0.467 e. The highest BCUT2D eigenvalue weighted by Gasteiger charge is 2.19. The van der Waals surface area contributed by atoms with Gasteiger partial charge in [0.25, 0.3) is 0 Å². The maximum absolute atomic E-state index is 12.0. The second kappa shape index (κ2) is 7.92. The molecule has 8 nitrogen and oxygen atoms in total. The monoisotopic (exact) mass is 393 g/mol.